The minimum absolute atomic E-state index is 0.0426. The van der Waals surface area contributed by atoms with Gasteiger partial charge in [0.2, 0.25) is 0 Å². The van der Waals surface area contributed by atoms with Crippen molar-refractivity contribution < 1.29 is 21.6 Å². The summed E-state index contributed by atoms with van der Waals surface area (Å²) in [4.78, 5) is 0.760. The van der Waals surface area contributed by atoms with E-state index in [4.69, 9.17) is 0 Å². The van der Waals surface area contributed by atoms with Gasteiger partial charge in [-0.15, -0.1) is 11.8 Å². The molecule has 0 saturated carbocycles. The second-order valence-corrected chi connectivity index (χ2v) is 9.34. The minimum atomic E-state index is -4.55. The van der Waals surface area contributed by atoms with Crippen LogP contribution in [0.1, 0.15) is 43.4 Å². The molecule has 0 aliphatic heterocycles. The Morgan fingerprint density at radius 2 is 1.82 bits per heavy atom. The van der Waals surface area contributed by atoms with Gasteiger partial charge in [0.05, 0.1) is 5.56 Å². The molecule has 0 radical (unpaired) electrons. The number of anilines is 1. The van der Waals surface area contributed by atoms with Crippen LogP contribution in [0.4, 0.5) is 18.9 Å². The molecule has 2 aromatic rings. The van der Waals surface area contributed by atoms with Crippen molar-refractivity contribution in [1.82, 2.24) is 0 Å². The van der Waals surface area contributed by atoms with Crippen molar-refractivity contribution in [3.05, 3.63) is 53.1 Å². The molecule has 8 heteroatoms. The topological polar surface area (TPSA) is 46.2 Å². The standard InChI is InChI=1S/C20H24F3NO2S2/c1-4-6-8-15-9-7-10-18(27-5-2)19(15)28(25,26)24-16-12-11-14(3)17(13-16)20(21,22)23/h7,9-13,24H,4-6,8H2,1-3H3. The molecule has 0 aliphatic carbocycles. The van der Waals surface area contributed by atoms with Gasteiger partial charge in [0.15, 0.2) is 0 Å². The summed E-state index contributed by atoms with van der Waals surface area (Å²) in [7, 11) is -4.04. The van der Waals surface area contributed by atoms with Gasteiger partial charge in [-0.3, -0.25) is 4.72 Å². The number of halogens is 3. The van der Waals surface area contributed by atoms with Gasteiger partial charge < -0.3 is 0 Å². The van der Waals surface area contributed by atoms with E-state index in [2.05, 4.69) is 4.72 Å². The fraction of sp³-hybridized carbons (Fsp3) is 0.400. The van der Waals surface area contributed by atoms with Crippen molar-refractivity contribution in [2.45, 2.75) is 56.0 Å². The lowest BCUT2D eigenvalue weighted by Gasteiger charge is -2.17. The van der Waals surface area contributed by atoms with Gasteiger partial charge in [-0.2, -0.15) is 13.2 Å². The number of aryl methyl sites for hydroxylation is 2. The van der Waals surface area contributed by atoms with E-state index in [1.807, 2.05) is 19.9 Å². The van der Waals surface area contributed by atoms with Gasteiger partial charge in [0.25, 0.3) is 10.0 Å². The average Bonchev–Trinajstić information content (AvgIpc) is 2.60. The van der Waals surface area contributed by atoms with Crippen molar-refractivity contribution in [3.8, 4) is 0 Å². The summed E-state index contributed by atoms with van der Waals surface area (Å²) in [5, 5.41) is 0. The number of hydrogen-bond donors (Lipinski definition) is 1. The van der Waals surface area contributed by atoms with Crippen LogP contribution < -0.4 is 4.72 Å². The Bertz CT molecular complexity index is 926. The third-order valence-corrected chi connectivity index (χ3v) is 6.82. The van der Waals surface area contributed by atoms with Crippen LogP contribution in [0.2, 0.25) is 0 Å². The highest BCUT2D eigenvalue weighted by molar-refractivity contribution is 8.00. The fourth-order valence-electron chi connectivity index (χ4n) is 2.90. The number of sulfonamides is 1. The first kappa shape index (κ1) is 22.6. The predicted molar refractivity (Wildman–Crippen MR) is 108 cm³/mol. The zero-order chi connectivity index (χ0) is 20.9. The molecule has 0 fully saturated rings. The SMILES string of the molecule is CCCCc1cccc(SCC)c1S(=O)(=O)Nc1ccc(C)c(C(F)(F)F)c1. The minimum Gasteiger partial charge on any atom is -0.280 e. The van der Waals surface area contributed by atoms with Crippen LogP contribution in [0.15, 0.2) is 46.2 Å². The number of unbranched alkanes of at least 4 members (excludes halogenated alkanes) is 1. The van der Waals surface area contributed by atoms with Crippen molar-refractivity contribution >= 4 is 27.5 Å². The first-order chi connectivity index (χ1) is 13.1. The molecule has 2 aromatic carbocycles. The Hall–Kier alpha value is -1.67. The van der Waals surface area contributed by atoms with E-state index >= 15 is 0 Å². The quantitative estimate of drug-likeness (QED) is 0.501. The molecule has 0 spiro atoms. The summed E-state index contributed by atoms with van der Waals surface area (Å²) < 4.78 is 68.1. The zero-order valence-corrected chi connectivity index (χ0v) is 17.7. The van der Waals surface area contributed by atoms with E-state index in [0.717, 1.165) is 18.9 Å². The van der Waals surface area contributed by atoms with E-state index in [9.17, 15) is 21.6 Å². The molecule has 0 bridgehead atoms. The Kier molecular flexibility index (Phi) is 7.45. The average molecular weight is 432 g/mol. The van der Waals surface area contributed by atoms with E-state index < -0.39 is 21.8 Å². The highest BCUT2D eigenvalue weighted by atomic mass is 32.2. The molecule has 0 aliphatic rings. The summed E-state index contributed by atoms with van der Waals surface area (Å²) in [5.74, 6) is 0.683. The molecular weight excluding hydrogens is 407 g/mol. The lowest BCUT2D eigenvalue weighted by molar-refractivity contribution is -0.138. The van der Waals surface area contributed by atoms with Gasteiger partial charge >= 0.3 is 6.18 Å². The summed E-state index contributed by atoms with van der Waals surface area (Å²) in [5.41, 5.74) is -0.234. The van der Waals surface area contributed by atoms with Crippen LogP contribution in [0, 0.1) is 6.92 Å². The maximum atomic E-state index is 13.2. The first-order valence-corrected chi connectivity index (χ1v) is 11.5. The van der Waals surface area contributed by atoms with E-state index in [-0.39, 0.29) is 16.1 Å². The van der Waals surface area contributed by atoms with Crippen LogP contribution in [0.3, 0.4) is 0 Å². The van der Waals surface area contributed by atoms with Crippen LogP contribution in [0.5, 0.6) is 0 Å². The van der Waals surface area contributed by atoms with Gasteiger partial charge in [-0.1, -0.05) is 38.5 Å². The molecule has 0 unspecified atom stereocenters. The smallest absolute Gasteiger partial charge is 0.280 e. The number of hydrogen-bond acceptors (Lipinski definition) is 3. The van der Waals surface area contributed by atoms with E-state index in [0.29, 0.717) is 22.6 Å². The summed E-state index contributed by atoms with van der Waals surface area (Å²) >= 11 is 1.40. The third kappa shape index (κ3) is 5.44. The predicted octanol–water partition coefficient (Wildman–Crippen LogP) is 6.27. The maximum Gasteiger partial charge on any atom is 0.416 e. The van der Waals surface area contributed by atoms with Crippen LogP contribution in [-0.4, -0.2) is 14.2 Å². The molecule has 28 heavy (non-hydrogen) atoms. The number of rotatable bonds is 8. The number of nitrogens with one attached hydrogen (secondary N) is 1. The van der Waals surface area contributed by atoms with Crippen molar-refractivity contribution in [1.29, 1.82) is 0 Å². The monoisotopic (exact) mass is 431 g/mol. The zero-order valence-electron chi connectivity index (χ0n) is 16.1. The van der Waals surface area contributed by atoms with Gasteiger partial charge in [0.1, 0.15) is 4.90 Å². The van der Waals surface area contributed by atoms with Gasteiger partial charge in [-0.05, 0) is 54.8 Å². The largest absolute Gasteiger partial charge is 0.416 e. The Morgan fingerprint density at radius 3 is 2.43 bits per heavy atom. The Labute approximate surface area is 168 Å². The van der Waals surface area contributed by atoms with Crippen LogP contribution in [-0.2, 0) is 22.6 Å². The highest BCUT2D eigenvalue weighted by Gasteiger charge is 2.33. The molecule has 1 N–H and O–H groups in total. The first-order valence-electron chi connectivity index (χ1n) is 9.05. The molecule has 3 nitrogen and oxygen atoms in total. The highest BCUT2D eigenvalue weighted by Crippen LogP contribution is 2.35. The summed E-state index contributed by atoms with van der Waals surface area (Å²) in [6.07, 6.45) is -2.23. The van der Waals surface area contributed by atoms with E-state index in [1.54, 1.807) is 12.1 Å². The number of benzene rings is 2. The molecule has 0 amide bonds. The Balaban J connectivity index is 2.50. The lowest BCUT2D eigenvalue weighted by atomic mass is 10.1. The molecule has 0 saturated heterocycles. The molecule has 2 rings (SSSR count). The normalized spacial score (nSPS) is 12.2. The van der Waals surface area contributed by atoms with Crippen LogP contribution >= 0.6 is 11.8 Å². The van der Waals surface area contributed by atoms with Gasteiger partial charge in [-0.25, -0.2) is 8.42 Å². The Morgan fingerprint density at radius 1 is 1.11 bits per heavy atom. The van der Waals surface area contributed by atoms with Gasteiger partial charge in [0, 0.05) is 10.6 Å². The van der Waals surface area contributed by atoms with E-state index in [1.165, 1.54) is 30.8 Å². The van der Waals surface area contributed by atoms with Crippen molar-refractivity contribution in [2.75, 3.05) is 10.5 Å². The molecule has 154 valence electrons. The van der Waals surface area contributed by atoms with Crippen molar-refractivity contribution in [3.63, 3.8) is 0 Å². The lowest BCUT2D eigenvalue weighted by Crippen LogP contribution is -2.17. The maximum absolute atomic E-state index is 13.2. The second kappa shape index (κ2) is 9.22. The van der Waals surface area contributed by atoms with Crippen molar-refractivity contribution in [2.24, 2.45) is 0 Å². The summed E-state index contributed by atoms with van der Waals surface area (Å²) in [6, 6.07) is 8.77. The third-order valence-electron chi connectivity index (χ3n) is 4.22. The second-order valence-electron chi connectivity index (χ2n) is 6.41. The molecule has 0 atom stereocenters. The number of alkyl halides is 3. The molecule has 0 heterocycles. The summed E-state index contributed by atoms with van der Waals surface area (Å²) in [6.45, 7) is 5.28. The number of thioether (sulfide) groups is 1. The molecule has 0 aromatic heterocycles. The van der Waals surface area contributed by atoms with Crippen LogP contribution in [0.25, 0.3) is 0 Å². The fourth-order valence-corrected chi connectivity index (χ4v) is 5.54. The molecular formula is C20H24F3NO2S2.